The smallest absolute Gasteiger partial charge is 0.388 e. The number of hydrogen-bond donors (Lipinski definition) is 2. The molecule has 0 aliphatic carbocycles. The molecule has 1 saturated heterocycles. The Morgan fingerprint density at radius 1 is 1.24 bits per heavy atom. The third-order valence-electron chi connectivity index (χ3n) is 5.13. The van der Waals surface area contributed by atoms with Gasteiger partial charge in [0.15, 0.2) is 0 Å². The van der Waals surface area contributed by atoms with Crippen LogP contribution in [0, 0.1) is 6.92 Å². The van der Waals surface area contributed by atoms with Gasteiger partial charge < -0.3 is 20.1 Å². The SMILES string of the molecule is COc1ccc(C(C)C)c(C2(C(=O)Nc3ccc(C)nc3OC(F)F)CNC2)c1. The molecular weight excluding hydrogens is 380 g/mol. The average molecular weight is 405 g/mol. The molecule has 6 nitrogen and oxygen atoms in total. The Hall–Kier alpha value is -2.74. The van der Waals surface area contributed by atoms with Crippen molar-refractivity contribution in [2.24, 2.45) is 0 Å². The second-order valence-electron chi connectivity index (χ2n) is 7.43. The van der Waals surface area contributed by atoms with Crippen molar-refractivity contribution in [2.75, 3.05) is 25.5 Å². The molecule has 3 rings (SSSR count). The van der Waals surface area contributed by atoms with Crippen LogP contribution in [0.5, 0.6) is 11.6 Å². The zero-order valence-electron chi connectivity index (χ0n) is 16.9. The summed E-state index contributed by atoms with van der Waals surface area (Å²) in [5, 5.41) is 5.91. The maximum Gasteiger partial charge on any atom is 0.388 e. The van der Waals surface area contributed by atoms with Gasteiger partial charge in [-0.2, -0.15) is 8.78 Å². The first-order valence-electron chi connectivity index (χ1n) is 9.40. The fourth-order valence-electron chi connectivity index (χ4n) is 3.47. The van der Waals surface area contributed by atoms with E-state index in [0.717, 1.165) is 11.1 Å². The number of carbonyl (C=O) groups is 1. The molecule has 2 aromatic rings. The maximum absolute atomic E-state index is 13.4. The molecule has 8 heteroatoms. The molecule has 2 heterocycles. The van der Waals surface area contributed by atoms with Gasteiger partial charge in [-0.15, -0.1) is 0 Å². The van der Waals surface area contributed by atoms with Crippen molar-refractivity contribution in [1.29, 1.82) is 0 Å². The number of ether oxygens (including phenoxy) is 2. The molecule has 156 valence electrons. The minimum absolute atomic E-state index is 0.112. The van der Waals surface area contributed by atoms with Crippen molar-refractivity contribution < 1.29 is 23.0 Å². The summed E-state index contributed by atoms with van der Waals surface area (Å²) in [6.45, 7) is 3.59. The van der Waals surface area contributed by atoms with Gasteiger partial charge in [-0.3, -0.25) is 4.79 Å². The van der Waals surface area contributed by atoms with E-state index < -0.39 is 12.0 Å². The molecule has 0 saturated carbocycles. The number of benzene rings is 1. The van der Waals surface area contributed by atoms with Crippen LogP contribution in [0.4, 0.5) is 14.5 Å². The fourth-order valence-corrected chi connectivity index (χ4v) is 3.47. The fraction of sp³-hybridized carbons (Fsp3) is 0.429. The van der Waals surface area contributed by atoms with Crippen LogP contribution in [-0.2, 0) is 10.2 Å². The molecule has 1 aromatic heterocycles. The van der Waals surface area contributed by atoms with Gasteiger partial charge in [0.2, 0.25) is 11.8 Å². The summed E-state index contributed by atoms with van der Waals surface area (Å²) in [4.78, 5) is 17.3. The number of aryl methyl sites for hydroxylation is 1. The van der Waals surface area contributed by atoms with Gasteiger partial charge in [0.25, 0.3) is 0 Å². The van der Waals surface area contributed by atoms with E-state index >= 15 is 0 Å². The number of anilines is 1. The molecule has 0 radical (unpaired) electrons. The number of halogens is 2. The minimum atomic E-state index is -3.04. The summed E-state index contributed by atoms with van der Waals surface area (Å²) in [7, 11) is 1.58. The first-order valence-corrected chi connectivity index (χ1v) is 9.40. The summed E-state index contributed by atoms with van der Waals surface area (Å²) in [6.07, 6.45) is 0. The number of rotatable bonds is 7. The second-order valence-corrected chi connectivity index (χ2v) is 7.43. The minimum Gasteiger partial charge on any atom is -0.497 e. The molecule has 0 bridgehead atoms. The molecule has 0 unspecified atom stereocenters. The number of pyridine rings is 1. The number of amides is 1. The molecule has 1 aromatic carbocycles. The van der Waals surface area contributed by atoms with Crippen molar-refractivity contribution in [2.45, 2.75) is 38.7 Å². The number of methoxy groups -OCH3 is 1. The molecule has 1 fully saturated rings. The van der Waals surface area contributed by atoms with Crippen LogP contribution >= 0.6 is 0 Å². The van der Waals surface area contributed by atoms with Crippen LogP contribution in [-0.4, -0.2) is 37.7 Å². The van der Waals surface area contributed by atoms with Gasteiger partial charge >= 0.3 is 6.61 Å². The van der Waals surface area contributed by atoms with E-state index in [2.05, 4.69) is 34.2 Å². The largest absolute Gasteiger partial charge is 0.497 e. The van der Waals surface area contributed by atoms with Gasteiger partial charge in [0.1, 0.15) is 11.4 Å². The lowest BCUT2D eigenvalue weighted by Gasteiger charge is -2.43. The number of carbonyl (C=O) groups excluding carboxylic acids is 1. The Kier molecular flexibility index (Phi) is 6.02. The molecule has 1 amide bonds. The van der Waals surface area contributed by atoms with Crippen molar-refractivity contribution in [1.82, 2.24) is 10.3 Å². The van der Waals surface area contributed by atoms with Crippen LogP contribution in [0.25, 0.3) is 0 Å². The lowest BCUT2D eigenvalue weighted by atomic mass is 9.71. The maximum atomic E-state index is 13.4. The molecule has 2 N–H and O–H groups in total. The number of alkyl halides is 2. The van der Waals surface area contributed by atoms with Crippen molar-refractivity contribution in [3.8, 4) is 11.6 Å². The Labute approximate surface area is 168 Å². The van der Waals surface area contributed by atoms with Crippen LogP contribution in [0.1, 0.15) is 36.6 Å². The lowest BCUT2D eigenvalue weighted by molar-refractivity contribution is -0.123. The quantitative estimate of drug-likeness (QED) is 0.736. The number of hydrogen-bond acceptors (Lipinski definition) is 5. The van der Waals surface area contributed by atoms with Crippen LogP contribution < -0.4 is 20.1 Å². The first kappa shape index (κ1) is 21.0. The van der Waals surface area contributed by atoms with E-state index in [4.69, 9.17) is 4.74 Å². The monoisotopic (exact) mass is 405 g/mol. The zero-order valence-corrected chi connectivity index (χ0v) is 16.9. The standard InChI is InChI=1S/C21H25F2N3O3/c1-12(2)15-7-6-14(28-4)9-16(15)21(10-24-11-21)19(27)26-17-8-5-13(3)25-18(17)29-20(22)23/h5-9,12,20,24H,10-11H2,1-4H3,(H,26,27). The van der Waals surface area contributed by atoms with Crippen molar-refractivity contribution in [3.63, 3.8) is 0 Å². The first-order chi connectivity index (χ1) is 13.8. The molecule has 1 aliphatic rings. The highest BCUT2D eigenvalue weighted by Crippen LogP contribution is 2.38. The lowest BCUT2D eigenvalue weighted by Crippen LogP contribution is -2.63. The number of aromatic nitrogens is 1. The van der Waals surface area contributed by atoms with Gasteiger partial charge in [0, 0.05) is 18.8 Å². The summed E-state index contributed by atoms with van der Waals surface area (Å²) >= 11 is 0. The summed E-state index contributed by atoms with van der Waals surface area (Å²) in [5.41, 5.74) is 1.67. The van der Waals surface area contributed by atoms with Crippen LogP contribution in [0.3, 0.4) is 0 Å². The summed E-state index contributed by atoms with van der Waals surface area (Å²) in [6, 6.07) is 8.86. The highest BCUT2D eigenvalue weighted by molar-refractivity contribution is 6.01. The van der Waals surface area contributed by atoms with Crippen LogP contribution in [0.2, 0.25) is 0 Å². The van der Waals surface area contributed by atoms with E-state index in [9.17, 15) is 13.6 Å². The normalized spacial score (nSPS) is 15.2. The Bertz CT molecular complexity index is 899. The third kappa shape index (κ3) is 4.17. The Morgan fingerprint density at radius 3 is 2.52 bits per heavy atom. The number of nitrogens with one attached hydrogen (secondary N) is 2. The van der Waals surface area contributed by atoms with Gasteiger partial charge in [-0.1, -0.05) is 19.9 Å². The highest BCUT2D eigenvalue weighted by atomic mass is 19.3. The van der Waals surface area contributed by atoms with E-state index in [1.807, 2.05) is 18.2 Å². The van der Waals surface area contributed by atoms with Gasteiger partial charge in [0.05, 0.1) is 12.5 Å². The molecule has 0 atom stereocenters. The predicted octanol–water partition coefficient (Wildman–Crippen LogP) is 3.60. The topological polar surface area (TPSA) is 72.5 Å². The highest BCUT2D eigenvalue weighted by Gasteiger charge is 2.47. The van der Waals surface area contributed by atoms with Crippen molar-refractivity contribution in [3.05, 3.63) is 47.2 Å². The van der Waals surface area contributed by atoms with Crippen molar-refractivity contribution >= 4 is 11.6 Å². The van der Waals surface area contributed by atoms with E-state index in [1.165, 1.54) is 6.07 Å². The molecular formula is C21H25F2N3O3. The third-order valence-corrected chi connectivity index (χ3v) is 5.13. The molecule has 29 heavy (non-hydrogen) atoms. The average Bonchev–Trinajstić information content (AvgIpc) is 2.62. The van der Waals surface area contributed by atoms with E-state index in [0.29, 0.717) is 24.5 Å². The Balaban J connectivity index is 1.98. The van der Waals surface area contributed by atoms with E-state index in [1.54, 1.807) is 20.1 Å². The van der Waals surface area contributed by atoms with Gasteiger partial charge in [-0.25, -0.2) is 4.98 Å². The van der Waals surface area contributed by atoms with Crippen LogP contribution in [0.15, 0.2) is 30.3 Å². The number of nitrogens with zero attached hydrogens (tertiary/aromatic N) is 1. The van der Waals surface area contributed by atoms with Gasteiger partial charge in [-0.05, 0) is 48.2 Å². The predicted molar refractivity (Wildman–Crippen MR) is 106 cm³/mol. The summed E-state index contributed by atoms with van der Waals surface area (Å²) < 4.78 is 35.4. The Morgan fingerprint density at radius 2 is 1.97 bits per heavy atom. The summed E-state index contributed by atoms with van der Waals surface area (Å²) in [5.74, 6) is 0.240. The van der Waals surface area contributed by atoms with E-state index in [-0.39, 0.29) is 23.4 Å². The zero-order chi connectivity index (χ0) is 21.2. The molecule has 0 spiro atoms. The molecule has 1 aliphatic heterocycles. The second kappa shape index (κ2) is 8.32.